The van der Waals surface area contributed by atoms with E-state index >= 15 is 0 Å². The third-order valence-electron chi connectivity index (χ3n) is 7.69. The highest BCUT2D eigenvalue weighted by Crippen LogP contribution is 2.44. The lowest BCUT2D eigenvalue weighted by Crippen LogP contribution is -2.29. The number of carbonyl (C=O) groups excluding carboxylic acids is 2. The summed E-state index contributed by atoms with van der Waals surface area (Å²) in [4.78, 5) is 28.6. The predicted molar refractivity (Wildman–Crippen MR) is 185 cm³/mol. The van der Waals surface area contributed by atoms with Gasteiger partial charge < -0.3 is 14.6 Å². The second kappa shape index (κ2) is 15.3. The number of aliphatic hydroxyl groups excluding tert-OH is 1. The van der Waals surface area contributed by atoms with E-state index in [4.69, 9.17) is 9.47 Å². The van der Waals surface area contributed by atoms with E-state index in [1.807, 2.05) is 30.3 Å². The molecule has 6 rings (SSSR count). The zero-order chi connectivity index (χ0) is 33.5. The van der Waals surface area contributed by atoms with E-state index in [0.717, 1.165) is 29.7 Å². The number of amides is 1. The number of aromatic nitrogens is 2. The summed E-state index contributed by atoms with van der Waals surface area (Å²) in [7, 11) is 0. The molecule has 1 amide bonds. The number of thioether (sulfide) groups is 1. The van der Waals surface area contributed by atoms with E-state index in [1.54, 1.807) is 66.7 Å². The SMILES string of the molecule is CCCCOc1ccc(C(O)=C2C(=O)C(=O)N(c3nnc(SCc4ccccc4F)s3)[C@@H]2c2ccc(OCc3ccccc3)cc2)cc1. The topological polar surface area (TPSA) is 102 Å². The van der Waals surface area contributed by atoms with Crippen molar-refractivity contribution < 1.29 is 28.6 Å². The Morgan fingerprint density at radius 1 is 0.896 bits per heavy atom. The smallest absolute Gasteiger partial charge is 0.301 e. The van der Waals surface area contributed by atoms with E-state index in [0.29, 0.717) is 51.5 Å². The largest absolute Gasteiger partial charge is 0.507 e. The number of rotatable bonds is 13. The fourth-order valence-corrected chi connectivity index (χ4v) is 7.00. The van der Waals surface area contributed by atoms with Crippen LogP contribution in [0.15, 0.2) is 113 Å². The summed E-state index contributed by atoms with van der Waals surface area (Å²) in [5, 5.41) is 20.2. The van der Waals surface area contributed by atoms with Crippen molar-refractivity contribution in [1.82, 2.24) is 10.2 Å². The molecule has 5 aromatic rings. The highest BCUT2D eigenvalue weighted by Gasteiger charge is 2.48. The number of hydrogen-bond donors (Lipinski definition) is 1. The van der Waals surface area contributed by atoms with Gasteiger partial charge in [-0.25, -0.2) is 4.39 Å². The zero-order valence-electron chi connectivity index (χ0n) is 26.0. The molecule has 1 N–H and O–H groups in total. The van der Waals surface area contributed by atoms with Gasteiger partial charge in [0.05, 0.1) is 18.2 Å². The second-order valence-corrected chi connectivity index (χ2v) is 13.1. The maximum Gasteiger partial charge on any atom is 0.301 e. The first kappa shape index (κ1) is 32.9. The number of anilines is 1. The van der Waals surface area contributed by atoms with Crippen molar-refractivity contribution in [2.75, 3.05) is 11.5 Å². The number of ketones is 1. The van der Waals surface area contributed by atoms with Gasteiger partial charge in [0.2, 0.25) is 5.13 Å². The van der Waals surface area contributed by atoms with E-state index in [-0.39, 0.29) is 22.3 Å². The molecule has 48 heavy (non-hydrogen) atoms. The van der Waals surface area contributed by atoms with Crippen LogP contribution in [0.3, 0.4) is 0 Å². The lowest BCUT2D eigenvalue weighted by Gasteiger charge is -2.22. The average Bonchev–Trinajstić information content (AvgIpc) is 3.69. The number of hydrogen-bond acceptors (Lipinski definition) is 9. The molecule has 0 bridgehead atoms. The molecule has 0 radical (unpaired) electrons. The molecule has 2 heterocycles. The van der Waals surface area contributed by atoms with Crippen LogP contribution >= 0.6 is 23.1 Å². The van der Waals surface area contributed by atoms with Crippen molar-refractivity contribution in [1.29, 1.82) is 0 Å². The predicted octanol–water partition coefficient (Wildman–Crippen LogP) is 8.35. The molecule has 1 saturated heterocycles. The van der Waals surface area contributed by atoms with Crippen LogP contribution in [0.2, 0.25) is 0 Å². The number of unbranched alkanes of at least 4 members (excludes halogenated alkanes) is 1. The molecule has 0 spiro atoms. The molecule has 8 nitrogen and oxygen atoms in total. The molecular formula is C37H32FN3O5S2. The van der Waals surface area contributed by atoms with E-state index < -0.39 is 17.7 Å². The van der Waals surface area contributed by atoms with E-state index in [1.165, 1.54) is 22.7 Å². The minimum absolute atomic E-state index is 0.0756. The normalized spacial score (nSPS) is 15.5. The summed E-state index contributed by atoms with van der Waals surface area (Å²) in [6, 6.07) is 29.0. The van der Waals surface area contributed by atoms with Crippen molar-refractivity contribution in [3.05, 3.63) is 137 Å². The van der Waals surface area contributed by atoms with Gasteiger partial charge in [0.15, 0.2) is 4.34 Å². The lowest BCUT2D eigenvalue weighted by molar-refractivity contribution is -0.132. The summed E-state index contributed by atoms with van der Waals surface area (Å²) in [6.07, 6.45) is 1.91. The fourth-order valence-electron chi connectivity index (χ4n) is 5.14. The Labute approximate surface area is 285 Å². The minimum atomic E-state index is -0.994. The van der Waals surface area contributed by atoms with Gasteiger partial charge in [-0.15, -0.1) is 10.2 Å². The Hall–Kier alpha value is -5.00. The number of halogens is 1. The van der Waals surface area contributed by atoms with Crippen LogP contribution in [0.1, 0.15) is 48.1 Å². The Bertz CT molecular complexity index is 1910. The average molecular weight is 682 g/mol. The number of aliphatic hydroxyl groups is 1. The second-order valence-electron chi connectivity index (χ2n) is 11.0. The van der Waals surface area contributed by atoms with Crippen LogP contribution in [0.4, 0.5) is 9.52 Å². The number of Topliss-reactive ketones (excluding diaryl/α,β-unsaturated/α-hetero) is 1. The molecule has 1 aliphatic rings. The summed E-state index contributed by atoms with van der Waals surface area (Å²) < 4.78 is 26.4. The number of benzene rings is 4. The minimum Gasteiger partial charge on any atom is -0.507 e. The Balaban J connectivity index is 1.32. The lowest BCUT2D eigenvalue weighted by atomic mass is 9.95. The molecule has 1 aromatic heterocycles. The molecule has 1 aliphatic heterocycles. The van der Waals surface area contributed by atoms with E-state index in [9.17, 15) is 19.1 Å². The molecular weight excluding hydrogens is 650 g/mol. The maximum absolute atomic E-state index is 14.2. The highest BCUT2D eigenvalue weighted by atomic mass is 32.2. The third kappa shape index (κ3) is 7.42. The Morgan fingerprint density at radius 2 is 1.58 bits per heavy atom. The molecule has 0 aliphatic carbocycles. The van der Waals surface area contributed by atoms with Crippen LogP contribution in [0, 0.1) is 5.82 Å². The Kier molecular flexibility index (Phi) is 10.5. The quantitative estimate of drug-likeness (QED) is 0.0331. The van der Waals surface area contributed by atoms with Crippen molar-refractivity contribution in [3.63, 3.8) is 0 Å². The molecule has 0 saturated carbocycles. The van der Waals surface area contributed by atoms with Gasteiger partial charge >= 0.3 is 5.91 Å². The maximum atomic E-state index is 14.2. The molecule has 244 valence electrons. The highest BCUT2D eigenvalue weighted by molar-refractivity contribution is 8.00. The first-order valence-electron chi connectivity index (χ1n) is 15.4. The molecule has 0 unspecified atom stereocenters. The van der Waals surface area contributed by atoms with E-state index in [2.05, 4.69) is 17.1 Å². The van der Waals surface area contributed by atoms with Crippen LogP contribution in [0.5, 0.6) is 11.5 Å². The summed E-state index contributed by atoms with van der Waals surface area (Å²) in [5.41, 5.74) is 2.38. The van der Waals surface area contributed by atoms with Crippen LogP contribution in [-0.4, -0.2) is 33.6 Å². The molecule has 1 atom stereocenters. The summed E-state index contributed by atoms with van der Waals surface area (Å²) >= 11 is 2.39. The van der Waals surface area contributed by atoms with Crippen molar-refractivity contribution in [3.8, 4) is 11.5 Å². The fraction of sp³-hybridized carbons (Fsp3) is 0.189. The number of ether oxygens (including phenoxy) is 2. The summed E-state index contributed by atoms with van der Waals surface area (Å²) in [6.45, 7) is 3.02. The summed E-state index contributed by atoms with van der Waals surface area (Å²) in [5.74, 6) is -0.778. The van der Waals surface area contributed by atoms with Gasteiger partial charge in [-0.3, -0.25) is 14.5 Å². The van der Waals surface area contributed by atoms with Crippen LogP contribution in [-0.2, 0) is 21.9 Å². The third-order valence-corrected chi connectivity index (χ3v) is 9.80. The van der Waals surface area contributed by atoms with Crippen molar-refractivity contribution in [2.24, 2.45) is 0 Å². The monoisotopic (exact) mass is 681 g/mol. The standard InChI is InChI=1S/C37H32FN3O5S2/c1-2-3-21-45-28-19-15-26(16-20-28)33(42)31-32(25-13-17-29(18-14-25)46-22-24-9-5-4-6-10-24)41(35(44)34(31)43)36-39-40-37(48-36)47-23-27-11-7-8-12-30(27)38/h4-20,32,42H,2-3,21-23H2,1H3/t32-/m1/s1. The van der Waals surface area contributed by atoms with Crippen LogP contribution in [0.25, 0.3) is 5.76 Å². The van der Waals surface area contributed by atoms with Crippen LogP contribution < -0.4 is 14.4 Å². The van der Waals surface area contributed by atoms with Crippen molar-refractivity contribution >= 4 is 45.7 Å². The van der Waals surface area contributed by atoms with Gasteiger partial charge in [0.25, 0.3) is 5.78 Å². The first-order valence-corrected chi connectivity index (χ1v) is 17.2. The Morgan fingerprint density at radius 3 is 2.31 bits per heavy atom. The van der Waals surface area contributed by atoms with Gasteiger partial charge in [-0.05, 0) is 65.6 Å². The molecule has 4 aromatic carbocycles. The van der Waals surface area contributed by atoms with Crippen molar-refractivity contribution in [2.45, 2.75) is 42.5 Å². The first-order chi connectivity index (χ1) is 23.4. The zero-order valence-corrected chi connectivity index (χ0v) is 27.7. The van der Waals surface area contributed by atoms with Gasteiger partial charge in [-0.2, -0.15) is 0 Å². The van der Waals surface area contributed by atoms with Gasteiger partial charge in [-0.1, -0.05) is 97.1 Å². The molecule has 11 heteroatoms. The van der Waals surface area contributed by atoms with Gasteiger partial charge in [0.1, 0.15) is 29.7 Å². The number of carbonyl (C=O) groups is 2. The van der Waals surface area contributed by atoms with Gasteiger partial charge in [0, 0.05) is 11.3 Å². The number of nitrogens with zero attached hydrogens (tertiary/aromatic N) is 3. The molecule has 1 fully saturated rings.